The monoisotopic (exact) mass is 427 g/mol. The summed E-state index contributed by atoms with van der Waals surface area (Å²) in [7, 11) is -3.43. The minimum Gasteiger partial charge on any atom is -0.370 e. The average molecular weight is 428 g/mol. The Morgan fingerprint density at radius 3 is 2.60 bits per heavy atom. The van der Waals surface area contributed by atoms with E-state index in [0.29, 0.717) is 36.3 Å². The summed E-state index contributed by atoms with van der Waals surface area (Å²) in [6, 6.07) is 8.16. The van der Waals surface area contributed by atoms with E-state index in [1.165, 1.54) is 16.6 Å². The van der Waals surface area contributed by atoms with E-state index in [9.17, 15) is 12.8 Å². The second-order valence-corrected chi connectivity index (χ2v) is 8.71. The largest absolute Gasteiger partial charge is 0.370 e. The van der Waals surface area contributed by atoms with Crippen LogP contribution in [0.1, 0.15) is 18.4 Å². The number of benzene rings is 1. The summed E-state index contributed by atoms with van der Waals surface area (Å²) in [5.74, 6) is 0.328. The van der Waals surface area contributed by atoms with Gasteiger partial charge >= 0.3 is 0 Å². The van der Waals surface area contributed by atoms with E-state index >= 15 is 0 Å². The lowest BCUT2D eigenvalue weighted by Crippen LogP contribution is -2.27. The van der Waals surface area contributed by atoms with Gasteiger partial charge in [-0.05, 0) is 65.0 Å². The van der Waals surface area contributed by atoms with Crippen LogP contribution < -0.4 is 5.32 Å². The van der Waals surface area contributed by atoms with Crippen LogP contribution in [-0.4, -0.2) is 37.3 Å². The third-order valence-corrected chi connectivity index (χ3v) is 6.63. The van der Waals surface area contributed by atoms with Crippen LogP contribution in [0.4, 0.5) is 10.2 Å². The highest BCUT2D eigenvalue weighted by molar-refractivity contribution is 9.10. The maximum absolute atomic E-state index is 13.2. The molecular formula is C17H19BrFN3O2S. The highest BCUT2D eigenvalue weighted by Crippen LogP contribution is 2.21. The lowest BCUT2D eigenvalue weighted by molar-refractivity contribution is 0.477. The van der Waals surface area contributed by atoms with Gasteiger partial charge in [-0.15, -0.1) is 0 Å². The molecule has 1 saturated heterocycles. The average Bonchev–Trinajstić information content (AvgIpc) is 3.14. The molecule has 1 fully saturated rings. The molecule has 1 N–H and O–H groups in total. The number of rotatable bonds is 6. The molecule has 1 aromatic carbocycles. The normalized spacial score (nSPS) is 15.4. The summed E-state index contributed by atoms with van der Waals surface area (Å²) in [6.07, 6.45) is 3.91. The van der Waals surface area contributed by atoms with Crippen molar-refractivity contribution in [2.45, 2.75) is 24.2 Å². The number of hydrogen-bond acceptors (Lipinski definition) is 4. The Kier molecular flexibility index (Phi) is 5.71. The van der Waals surface area contributed by atoms with E-state index in [0.717, 1.165) is 18.4 Å². The molecule has 0 amide bonds. The quantitative estimate of drug-likeness (QED) is 0.766. The fraction of sp³-hybridized carbons (Fsp3) is 0.353. The standard InChI is InChI=1S/C17H19BrFN3O2S/c18-15-11-13(3-5-16(15)19)7-8-20-17-6-4-14(12-21-17)25(23,24)22-9-1-2-10-22/h3-6,11-12H,1-2,7-10H2,(H,20,21). The number of nitrogens with zero attached hydrogens (tertiary/aromatic N) is 2. The van der Waals surface area contributed by atoms with Gasteiger partial charge in [0.15, 0.2) is 0 Å². The first-order valence-electron chi connectivity index (χ1n) is 8.11. The maximum atomic E-state index is 13.2. The Hall–Kier alpha value is -1.51. The predicted octanol–water partition coefficient (Wildman–Crippen LogP) is 3.42. The SMILES string of the molecule is O=S(=O)(c1ccc(NCCc2ccc(F)c(Br)c2)nc1)N1CCCC1. The zero-order valence-electron chi connectivity index (χ0n) is 13.6. The zero-order chi connectivity index (χ0) is 17.9. The Balaban J connectivity index is 1.58. The van der Waals surface area contributed by atoms with Gasteiger partial charge in [-0.3, -0.25) is 0 Å². The molecule has 5 nitrogen and oxygen atoms in total. The molecule has 2 heterocycles. The van der Waals surface area contributed by atoms with Crippen LogP contribution in [0.3, 0.4) is 0 Å². The molecule has 3 rings (SSSR count). The number of pyridine rings is 1. The van der Waals surface area contributed by atoms with Crippen molar-refractivity contribution in [1.29, 1.82) is 0 Å². The summed E-state index contributed by atoms with van der Waals surface area (Å²) in [6.45, 7) is 1.77. The van der Waals surface area contributed by atoms with Crippen LogP contribution in [0, 0.1) is 5.82 Å². The lowest BCUT2D eigenvalue weighted by atomic mass is 10.1. The van der Waals surface area contributed by atoms with Gasteiger partial charge in [-0.2, -0.15) is 4.31 Å². The number of halogens is 2. The van der Waals surface area contributed by atoms with Crippen LogP contribution in [0.25, 0.3) is 0 Å². The highest BCUT2D eigenvalue weighted by Gasteiger charge is 2.27. The van der Waals surface area contributed by atoms with Gasteiger partial charge in [-0.1, -0.05) is 6.07 Å². The first-order chi connectivity index (χ1) is 12.0. The summed E-state index contributed by atoms with van der Waals surface area (Å²) < 4.78 is 40.0. The molecule has 0 radical (unpaired) electrons. The van der Waals surface area contributed by atoms with E-state index in [-0.39, 0.29) is 10.7 Å². The van der Waals surface area contributed by atoms with Crippen LogP contribution >= 0.6 is 15.9 Å². The summed E-state index contributed by atoms with van der Waals surface area (Å²) in [4.78, 5) is 4.42. The first-order valence-corrected chi connectivity index (χ1v) is 10.3. The molecule has 0 bridgehead atoms. The molecule has 8 heteroatoms. The van der Waals surface area contributed by atoms with Crippen LogP contribution in [0.5, 0.6) is 0 Å². The number of aromatic nitrogens is 1. The van der Waals surface area contributed by atoms with Gasteiger partial charge in [0.2, 0.25) is 10.0 Å². The smallest absolute Gasteiger partial charge is 0.244 e. The number of sulfonamides is 1. The molecule has 1 aromatic heterocycles. The molecule has 134 valence electrons. The topological polar surface area (TPSA) is 62.3 Å². The fourth-order valence-electron chi connectivity index (χ4n) is 2.75. The van der Waals surface area contributed by atoms with Crippen molar-refractivity contribution in [2.75, 3.05) is 25.0 Å². The molecule has 2 aromatic rings. The van der Waals surface area contributed by atoms with Crippen molar-refractivity contribution in [3.63, 3.8) is 0 Å². The zero-order valence-corrected chi connectivity index (χ0v) is 16.0. The summed E-state index contributed by atoms with van der Waals surface area (Å²) in [5, 5.41) is 3.15. The molecule has 0 unspecified atom stereocenters. The minimum atomic E-state index is -3.43. The van der Waals surface area contributed by atoms with Crippen molar-refractivity contribution in [3.8, 4) is 0 Å². The highest BCUT2D eigenvalue weighted by atomic mass is 79.9. The van der Waals surface area contributed by atoms with Gasteiger partial charge in [0, 0.05) is 25.8 Å². The fourth-order valence-corrected chi connectivity index (χ4v) is 4.63. The number of hydrogen-bond donors (Lipinski definition) is 1. The maximum Gasteiger partial charge on any atom is 0.244 e. The van der Waals surface area contributed by atoms with E-state index in [4.69, 9.17) is 0 Å². The molecular weight excluding hydrogens is 409 g/mol. The number of anilines is 1. The Morgan fingerprint density at radius 2 is 1.96 bits per heavy atom. The van der Waals surface area contributed by atoms with E-state index in [2.05, 4.69) is 26.2 Å². The molecule has 0 saturated carbocycles. The van der Waals surface area contributed by atoms with Crippen molar-refractivity contribution in [2.24, 2.45) is 0 Å². The van der Waals surface area contributed by atoms with E-state index in [1.54, 1.807) is 24.3 Å². The molecule has 0 aliphatic carbocycles. The molecule has 0 spiro atoms. The van der Waals surface area contributed by atoms with Gasteiger partial charge in [0.05, 0.1) is 4.47 Å². The Labute approximate surface area is 155 Å². The Morgan fingerprint density at radius 1 is 1.20 bits per heavy atom. The second-order valence-electron chi connectivity index (χ2n) is 5.92. The number of nitrogens with one attached hydrogen (secondary N) is 1. The summed E-state index contributed by atoms with van der Waals surface area (Å²) >= 11 is 3.17. The van der Waals surface area contributed by atoms with Gasteiger partial charge in [0.1, 0.15) is 16.5 Å². The van der Waals surface area contributed by atoms with Gasteiger partial charge in [-0.25, -0.2) is 17.8 Å². The van der Waals surface area contributed by atoms with Crippen LogP contribution in [-0.2, 0) is 16.4 Å². The molecule has 0 atom stereocenters. The predicted molar refractivity (Wildman–Crippen MR) is 98.5 cm³/mol. The third-order valence-electron chi connectivity index (χ3n) is 4.14. The van der Waals surface area contributed by atoms with Crippen molar-refractivity contribution >= 4 is 31.8 Å². The van der Waals surface area contributed by atoms with Crippen molar-refractivity contribution < 1.29 is 12.8 Å². The summed E-state index contributed by atoms with van der Waals surface area (Å²) in [5.41, 5.74) is 0.994. The third kappa shape index (κ3) is 4.37. The van der Waals surface area contributed by atoms with E-state index in [1.807, 2.05) is 0 Å². The second kappa shape index (κ2) is 7.80. The van der Waals surface area contributed by atoms with Gasteiger partial charge in [0.25, 0.3) is 0 Å². The molecule has 1 aliphatic heterocycles. The molecule has 1 aliphatic rings. The lowest BCUT2D eigenvalue weighted by Gasteiger charge is -2.15. The first kappa shape index (κ1) is 18.3. The Bertz CT molecular complexity index is 837. The van der Waals surface area contributed by atoms with Crippen molar-refractivity contribution in [3.05, 3.63) is 52.4 Å². The van der Waals surface area contributed by atoms with Crippen molar-refractivity contribution in [1.82, 2.24) is 9.29 Å². The molecule has 25 heavy (non-hydrogen) atoms. The van der Waals surface area contributed by atoms with Crippen LogP contribution in [0.2, 0.25) is 0 Å². The minimum absolute atomic E-state index is 0.224. The van der Waals surface area contributed by atoms with E-state index < -0.39 is 10.0 Å². The van der Waals surface area contributed by atoms with Crippen LogP contribution in [0.15, 0.2) is 45.9 Å². The van der Waals surface area contributed by atoms with Gasteiger partial charge < -0.3 is 5.32 Å².